The molecule has 0 aliphatic heterocycles. The monoisotopic (exact) mass is 287 g/mol. The van der Waals surface area contributed by atoms with E-state index in [2.05, 4.69) is 4.99 Å². The molecule has 1 saturated carbocycles. The fourth-order valence-corrected chi connectivity index (χ4v) is 2.42. The van der Waals surface area contributed by atoms with Crippen molar-refractivity contribution in [3.05, 3.63) is 35.9 Å². The summed E-state index contributed by atoms with van der Waals surface area (Å²) in [7, 11) is 0. The predicted octanol–water partition coefficient (Wildman–Crippen LogP) is 1.10. The van der Waals surface area contributed by atoms with Gasteiger partial charge in [0.25, 0.3) is 0 Å². The first kappa shape index (κ1) is 15.3. The van der Waals surface area contributed by atoms with Crippen molar-refractivity contribution in [3.63, 3.8) is 0 Å². The average Bonchev–Trinajstić information content (AvgIpc) is 2.51. The quantitative estimate of drug-likeness (QED) is 0.499. The molecule has 0 bridgehead atoms. The molecule has 2 rings (SSSR count). The third-order valence-electron chi connectivity index (χ3n) is 3.53. The Hall–Kier alpha value is -2.14. The number of hydrogen-bond acceptors (Lipinski definition) is 5. The summed E-state index contributed by atoms with van der Waals surface area (Å²) in [5.74, 6) is -2.58. The molecule has 110 valence electrons. The van der Waals surface area contributed by atoms with E-state index >= 15 is 0 Å². The first-order chi connectivity index (χ1) is 10.1. The molecule has 21 heavy (non-hydrogen) atoms. The number of aliphatic hydroxyl groups excluding tert-OH is 1. The number of carbonyl (C=O) groups is 3. The Morgan fingerprint density at radius 1 is 1.29 bits per heavy atom. The molecule has 1 fully saturated rings. The van der Waals surface area contributed by atoms with Gasteiger partial charge in [0.2, 0.25) is 0 Å². The molecule has 1 aromatic rings. The highest BCUT2D eigenvalue weighted by atomic mass is 16.3. The molecule has 2 atom stereocenters. The van der Waals surface area contributed by atoms with Crippen molar-refractivity contribution < 1.29 is 19.5 Å². The lowest BCUT2D eigenvalue weighted by Crippen LogP contribution is -2.40. The fourth-order valence-electron chi connectivity index (χ4n) is 2.42. The summed E-state index contributed by atoms with van der Waals surface area (Å²) in [6.45, 7) is 0.00628. The maximum absolute atomic E-state index is 12.4. The van der Waals surface area contributed by atoms with Crippen LogP contribution in [0, 0.1) is 11.8 Å². The standard InChI is InChI=1S/C16H17NO4/c18-9-8-17-10-13-14(19)7-6-12(16(13)21)15(20)11-4-2-1-3-5-11/h1-5,10,12-13,18H,6-9H2/t12-,13+/m0/s1. The predicted molar refractivity (Wildman–Crippen MR) is 77.4 cm³/mol. The molecular formula is C16H17NO4. The molecular weight excluding hydrogens is 270 g/mol. The van der Waals surface area contributed by atoms with Crippen LogP contribution >= 0.6 is 0 Å². The first-order valence-corrected chi connectivity index (χ1v) is 6.91. The van der Waals surface area contributed by atoms with Gasteiger partial charge in [0.1, 0.15) is 11.7 Å². The van der Waals surface area contributed by atoms with Crippen molar-refractivity contribution in [2.45, 2.75) is 12.8 Å². The molecule has 1 aliphatic rings. The van der Waals surface area contributed by atoms with E-state index in [-0.39, 0.29) is 43.3 Å². The molecule has 0 amide bonds. The number of carbonyl (C=O) groups excluding carboxylic acids is 3. The van der Waals surface area contributed by atoms with Gasteiger partial charge in [0, 0.05) is 18.2 Å². The maximum Gasteiger partial charge on any atom is 0.173 e. The third kappa shape index (κ3) is 3.49. The van der Waals surface area contributed by atoms with Crippen LogP contribution < -0.4 is 0 Å². The van der Waals surface area contributed by atoms with Crippen molar-refractivity contribution in [1.82, 2.24) is 0 Å². The molecule has 0 heterocycles. The second-order valence-corrected chi connectivity index (χ2v) is 4.95. The van der Waals surface area contributed by atoms with E-state index < -0.39 is 11.8 Å². The van der Waals surface area contributed by atoms with Crippen molar-refractivity contribution in [3.8, 4) is 0 Å². The lowest BCUT2D eigenvalue weighted by atomic mass is 9.76. The third-order valence-corrected chi connectivity index (χ3v) is 3.53. The number of rotatable bonds is 5. The number of hydrogen-bond donors (Lipinski definition) is 1. The van der Waals surface area contributed by atoms with Gasteiger partial charge in [-0.15, -0.1) is 0 Å². The smallest absolute Gasteiger partial charge is 0.173 e. The van der Waals surface area contributed by atoms with Gasteiger partial charge in [0.15, 0.2) is 11.6 Å². The number of ketones is 3. The molecule has 1 aromatic carbocycles. The lowest BCUT2D eigenvalue weighted by Gasteiger charge is -2.23. The zero-order valence-electron chi connectivity index (χ0n) is 11.6. The van der Waals surface area contributed by atoms with Crippen molar-refractivity contribution in [2.24, 2.45) is 16.8 Å². The molecule has 0 unspecified atom stereocenters. The van der Waals surface area contributed by atoms with E-state index in [4.69, 9.17) is 5.11 Å². The van der Waals surface area contributed by atoms with Gasteiger partial charge in [-0.05, 0) is 6.42 Å². The Morgan fingerprint density at radius 3 is 2.67 bits per heavy atom. The average molecular weight is 287 g/mol. The topological polar surface area (TPSA) is 83.8 Å². The Labute approximate surface area is 122 Å². The largest absolute Gasteiger partial charge is 0.394 e. The van der Waals surface area contributed by atoms with E-state index in [0.29, 0.717) is 5.56 Å². The lowest BCUT2D eigenvalue weighted by molar-refractivity contribution is -0.134. The Balaban J connectivity index is 2.16. The van der Waals surface area contributed by atoms with E-state index in [1.165, 1.54) is 6.21 Å². The zero-order chi connectivity index (χ0) is 15.2. The van der Waals surface area contributed by atoms with Gasteiger partial charge in [-0.2, -0.15) is 0 Å². The van der Waals surface area contributed by atoms with Gasteiger partial charge in [-0.1, -0.05) is 30.3 Å². The molecule has 5 nitrogen and oxygen atoms in total. The van der Waals surface area contributed by atoms with Gasteiger partial charge >= 0.3 is 0 Å². The van der Waals surface area contributed by atoms with Crippen LogP contribution in [0.25, 0.3) is 0 Å². The number of aliphatic hydroxyl groups is 1. The number of benzene rings is 1. The van der Waals surface area contributed by atoms with E-state index in [1.807, 2.05) is 0 Å². The Bertz CT molecular complexity index is 565. The molecule has 0 saturated heterocycles. The molecule has 0 radical (unpaired) electrons. The maximum atomic E-state index is 12.4. The summed E-state index contributed by atoms with van der Waals surface area (Å²) in [6, 6.07) is 8.62. The minimum Gasteiger partial charge on any atom is -0.394 e. The van der Waals surface area contributed by atoms with E-state index in [0.717, 1.165) is 0 Å². The number of Topliss-reactive ketones (excluding diaryl/α,β-unsaturated/α-hetero) is 3. The summed E-state index contributed by atoms with van der Waals surface area (Å²) in [5, 5.41) is 8.68. The highest BCUT2D eigenvalue weighted by Crippen LogP contribution is 2.25. The Kier molecular flexibility index (Phi) is 5.11. The summed E-state index contributed by atoms with van der Waals surface area (Å²) in [6.07, 6.45) is 1.73. The van der Waals surface area contributed by atoms with Gasteiger partial charge in [0.05, 0.1) is 19.1 Å². The molecule has 1 aliphatic carbocycles. The summed E-state index contributed by atoms with van der Waals surface area (Å²) < 4.78 is 0. The van der Waals surface area contributed by atoms with Crippen molar-refractivity contribution in [2.75, 3.05) is 13.2 Å². The summed E-state index contributed by atoms with van der Waals surface area (Å²) in [5.41, 5.74) is 0.483. The minimum absolute atomic E-state index is 0.141. The van der Waals surface area contributed by atoms with Crippen LogP contribution in [0.5, 0.6) is 0 Å². The van der Waals surface area contributed by atoms with Crippen LogP contribution in [0.3, 0.4) is 0 Å². The van der Waals surface area contributed by atoms with Crippen LogP contribution in [0.2, 0.25) is 0 Å². The SMILES string of the molecule is O=C1CC[C@@H](C(=O)c2ccccc2)C(=O)[C@@H]1C=NCCO. The van der Waals surface area contributed by atoms with Crippen molar-refractivity contribution >= 4 is 23.6 Å². The van der Waals surface area contributed by atoms with Crippen LogP contribution in [0.4, 0.5) is 0 Å². The summed E-state index contributed by atoms with van der Waals surface area (Å²) >= 11 is 0. The number of nitrogens with zero attached hydrogens (tertiary/aromatic N) is 1. The first-order valence-electron chi connectivity index (χ1n) is 6.91. The fraction of sp³-hybridized carbons (Fsp3) is 0.375. The van der Waals surface area contributed by atoms with E-state index in [9.17, 15) is 14.4 Å². The zero-order valence-corrected chi connectivity index (χ0v) is 11.6. The normalized spacial score (nSPS) is 22.7. The minimum atomic E-state index is -0.956. The van der Waals surface area contributed by atoms with E-state index in [1.54, 1.807) is 30.3 Å². The molecule has 0 aromatic heterocycles. The van der Waals surface area contributed by atoms with Crippen LogP contribution in [0.1, 0.15) is 23.2 Å². The van der Waals surface area contributed by atoms with Gasteiger partial charge in [-0.25, -0.2) is 0 Å². The van der Waals surface area contributed by atoms with Crippen LogP contribution in [-0.4, -0.2) is 41.8 Å². The van der Waals surface area contributed by atoms with Gasteiger partial charge in [-0.3, -0.25) is 19.4 Å². The summed E-state index contributed by atoms with van der Waals surface area (Å²) in [4.78, 5) is 40.4. The van der Waals surface area contributed by atoms with Crippen LogP contribution in [0.15, 0.2) is 35.3 Å². The number of aliphatic imine (C=N–C) groups is 1. The van der Waals surface area contributed by atoms with Crippen molar-refractivity contribution in [1.29, 1.82) is 0 Å². The van der Waals surface area contributed by atoms with Crippen LogP contribution in [-0.2, 0) is 9.59 Å². The Morgan fingerprint density at radius 2 is 2.00 bits per heavy atom. The molecule has 1 N–H and O–H groups in total. The second kappa shape index (κ2) is 7.04. The molecule has 0 spiro atoms. The van der Waals surface area contributed by atoms with Gasteiger partial charge < -0.3 is 5.11 Å². The second-order valence-electron chi connectivity index (χ2n) is 4.95. The highest BCUT2D eigenvalue weighted by molar-refractivity contribution is 6.23. The molecule has 5 heteroatoms. The highest BCUT2D eigenvalue weighted by Gasteiger charge is 2.39.